The molecule has 0 aliphatic carbocycles. The molecule has 0 amide bonds. The molecule has 0 fully saturated rings. The summed E-state index contributed by atoms with van der Waals surface area (Å²) in [7, 11) is 0. The van der Waals surface area contributed by atoms with Crippen molar-refractivity contribution < 1.29 is 9.90 Å². The molecule has 0 aliphatic rings. The van der Waals surface area contributed by atoms with Gasteiger partial charge < -0.3 is 5.11 Å². The van der Waals surface area contributed by atoms with Crippen molar-refractivity contribution in [3.05, 3.63) is 0 Å². The van der Waals surface area contributed by atoms with E-state index in [1.165, 1.54) is 0 Å². The first-order valence-electron chi connectivity index (χ1n) is 1.49. The average molecular weight is 113 g/mol. The van der Waals surface area contributed by atoms with Crippen molar-refractivity contribution in [1.82, 2.24) is 0 Å². The van der Waals surface area contributed by atoms with Crippen LogP contribution in [-0.2, 0) is 4.79 Å². The minimum atomic E-state index is -0.745. The maximum atomic E-state index is 9.37. The molecule has 0 spiro atoms. The predicted molar refractivity (Wildman–Crippen MR) is 23.7 cm³/mol. The zero-order valence-electron chi connectivity index (χ0n) is 4.06. The zero-order valence-corrected chi connectivity index (χ0v) is 7.19. The Morgan fingerprint density at radius 2 is 2.00 bits per heavy atom. The SMILES string of the molecule is CCC(=O)O.[K]. The van der Waals surface area contributed by atoms with Gasteiger partial charge >= 0.3 is 5.97 Å². The van der Waals surface area contributed by atoms with Crippen molar-refractivity contribution in [3.63, 3.8) is 0 Å². The molecule has 0 unspecified atom stereocenters. The number of carbonyl (C=O) groups is 1. The molecule has 0 aromatic carbocycles. The van der Waals surface area contributed by atoms with Crippen LogP contribution in [0.25, 0.3) is 0 Å². The van der Waals surface area contributed by atoms with Gasteiger partial charge in [0.25, 0.3) is 0 Å². The Hall–Kier alpha value is 1.11. The van der Waals surface area contributed by atoms with Crippen LogP contribution in [0.2, 0.25) is 0 Å². The first-order valence-corrected chi connectivity index (χ1v) is 1.49. The summed E-state index contributed by atoms with van der Waals surface area (Å²) in [6.45, 7) is 1.60. The first-order chi connectivity index (χ1) is 2.27. The molecule has 0 aromatic rings. The topological polar surface area (TPSA) is 37.3 Å². The molecule has 0 saturated heterocycles. The summed E-state index contributed by atoms with van der Waals surface area (Å²) in [5.74, 6) is -0.745. The smallest absolute Gasteiger partial charge is 0.303 e. The van der Waals surface area contributed by atoms with Crippen molar-refractivity contribution in [2.75, 3.05) is 0 Å². The maximum Gasteiger partial charge on any atom is 0.303 e. The molecule has 1 radical (unpaired) electrons. The van der Waals surface area contributed by atoms with Gasteiger partial charge in [-0.3, -0.25) is 4.79 Å². The fourth-order valence-electron chi connectivity index (χ4n) is 0. The fourth-order valence-corrected chi connectivity index (χ4v) is 0. The van der Waals surface area contributed by atoms with Gasteiger partial charge in [0.15, 0.2) is 0 Å². The molecule has 6 heavy (non-hydrogen) atoms. The molecule has 0 aromatic heterocycles. The second-order valence-corrected chi connectivity index (χ2v) is 0.747. The van der Waals surface area contributed by atoms with Crippen LogP contribution in [0, 0.1) is 0 Å². The Morgan fingerprint density at radius 3 is 2.00 bits per heavy atom. The molecule has 2 nitrogen and oxygen atoms in total. The summed E-state index contributed by atoms with van der Waals surface area (Å²) in [4.78, 5) is 9.37. The van der Waals surface area contributed by atoms with Crippen molar-refractivity contribution >= 4 is 57.4 Å². The van der Waals surface area contributed by atoms with E-state index in [2.05, 4.69) is 0 Å². The number of carboxylic acids is 1. The Balaban J connectivity index is 0. The van der Waals surface area contributed by atoms with E-state index >= 15 is 0 Å². The maximum absolute atomic E-state index is 9.37. The van der Waals surface area contributed by atoms with E-state index in [9.17, 15) is 4.79 Å². The average Bonchev–Trinajstić information content (AvgIpc) is 1.38. The summed E-state index contributed by atoms with van der Waals surface area (Å²) < 4.78 is 0. The normalized spacial score (nSPS) is 6.17. The molecule has 31 valence electrons. The van der Waals surface area contributed by atoms with E-state index < -0.39 is 5.97 Å². The molecule has 0 saturated carbocycles. The number of hydrogen-bond acceptors (Lipinski definition) is 1. The Kier molecular flexibility index (Phi) is 10.3. The van der Waals surface area contributed by atoms with Gasteiger partial charge in [0.1, 0.15) is 0 Å². The Morgan fingerprint density at radius 1 is 1.83 bits per heavy atom. The standard InChI is InChI=1S/C3H6O2.K/c1-2-3(4)5;/h2H2,1H3,(H,4,5);. The summed E-state index contributed by atoms with van der Waals surface area (Å²) in [5.41, 5.74) is 0. The van der Waals surface area contributed by atoms with Gasteiger partial charge in [-0.15, -0.1) is 0 Å². The van der Waals surface area contributed by atoms with Crippen LogP contribution >= 0.6 is 0 Å². The van der Waals surface area contributed by atoms with E-state index in [0.29, 0.717) is 0 Å². The third-order valence-corrected chi connectivity index (χ3v) is 0.302. The van der Waals surface area contributed by atoms with Gasteiger partial charge in [-0.2, -0.15) is 0 Å². The Bertz CT molecular complexity index is 44.1. The molecule has 0 heterocycles. The summed E-state index contributed by atoms with van der Waals surface area (Å²) in [6.07, 6.45) is 0.222. The van der Waals surface area contributed by atoms with Gasteiger partial charge in [-0.25, -0.2) is 0 Å². The van der Waals surface area contributed by atoms with Gasteiger partial charge in [-0.05, 0) is 0 Å². The molecule has 0 bridgehead atoms. The van der Waals surface area contributed by atoms with Crippen molar-refractivity contribution in [2.24, 2.45) is 0 Å². The summed E-state index contributed by atoms with van der Waals surface area (Å²) >= 11 is 0. The van der Waals surface area contributed by atoms with E-state index in [1.807, 2.05) is 0 Å². The zero-order chi connectivity index (χ0) is 4.28. The quantitative estimate of drug-likeness (QED) is 0.490. The number of carboxylic acid groups (broad SMARTS) is 1. The van der Waals surface area contributed by atoms with Crippen molar-refractivity contribution in [2.45, 2.75) is 13.3 Å². The number of rotatable bonds is 1. The van der Waals surface area contributed by atoms with Crippen LogP contribution < -0.4 is 0 Å². The van der Waals surface area contributed by atoms with Crippen LogP contribution in [0.15, 0.2) is 0 Å². The van der Waals surface area contributed by atoms with Gasteiger partial charge in [-0.1, -0.05) is 6.92 Å². The Labute approximate surface area is 79.3 Å². The van der Waals surface area contributed by atoms with E-state index in [0.717, 1.165) is 0 Å². The van der Waals surface area contributed by atoms with Gasteiger partial charge in [0, 0.05) is 57.8 Å². The number of aliphatic carboxylic acids is 1. The van der Waals surface area contributed by atoms with Crippen LogP contribution in [0.1, 0.15) is 13.3 Å². The second kappa shape index (κ2) is 6.11. The predicted octanol–water partition coefficient (Wildman–Crippen LogP) is 0.100. The number of hydrogen-bond donors (Lipinski definition) is 1. The monoisotopic (exact) mass is 113 g/mol. The van der Waals surface area contributed by atoms with Crippen LogP contribution in [0.4, 0.5) is 0 Å². The van der Waals surface area contributed by atoms with E-state index in [1.54, 1.807) is 6.92 Å². The van der Waals surface area contributed by atoms with E-state index in [-0.39, 0.29) is 57.8 Å². The van der Waals surface area contributed by atoms with Crippen LogP contribution in [0.5, 0.6) is 0 Å². The van der Waals surface area contributed by atoms with E-state index in [4.69, 9.17) is 5.11 Å². The van der Waals surface area contributed by atoms with Crippen molar-refractivity contribution in [1.29, 1.82) is 0 Å². The first kappa shape index (κ1) is 10.2. The third-order valence-electron chi connectivity index (χ3n) is 0.302. The van der Waals surface area contributed by atoms with Crippen molar-refractivity contribution in [3.8, 4) is 0 Å². The molecule has 0 aliphatic heterocycles. The molecular formula is C3H6KO2. The van der Waals surface area contributed by atoms with Gasteiger partial charge in [0.05, 0.1) is 0 Å². The molecule has 0 rings (SSSR count). The fraction of sp³-hybridized carbons (Fsp3) is 0.667. The van der Waals surface area contributed by atoms with Crippen LogP contribution in [0.3, 0.4) is 0 Å². The molecule has 0 atom stereocenters. The van der Waals surface area contributed by atoms with Gasteiger partial charge in [0.2, 0.25) is 0 Å². The molecular weight excluding hydrogens is 107 g/mol. The minimum absolute atomic E-state index is 0. The summed E-state index contributed by atoms with van der Waals surface area (Å²) in [6, 6.07) is 0. The molecule has 3 heteroatoms. The second-order valence-electron chi connectivity index (χ2n) is 0.747. The summed E-state index contributed by atoms with van der Waals surface area (Å²) in [5, 5.41) is 7.72. The third kappa shape index (κ3) is 8.92. The van der Waals surface area contributed by atoms with Crippen LogP contribution in [-0.4, -0.2) is 62.5 Å². The minimum Gasteiger partial charge on any atom is -0.481 e. The largest absolute Gasteiger partial charge is 0.481 e. The molecule has 1 N–H and O–H groups in total.